The van der Waals surface area contributed by atoms with E-state index in [0.717, 1.165) is 0 Å². The minimum atomic E-state index is -1.02. The zero-order valence-electron chi connectivity index (χ0n) is 13.7. The Morgan fingerprint density at radius 2 is 1.36 bits per heavy atom. The van der Waals surface area contributed by atoms with Crippen LogP contribution >= 0.6 is 69.6 Å². The zero-order valence-corrected chi connectivity index (χ0v) is 18.3. The average molecular weight is 496 g/mol. The smallest absolute Gasteiger partial charge is 0.307 e. The maximum absolute atomic E-state index is 11.3. The number of nitrogens with zero attached hydrogens (tertiary/aromatic N) is 1. The number of carboxylic acid groups (broad SMARTS) is 1. The van der Waals surface area contributed by atoms with Crippen molar-refractivity contribution in [3.8, 4) is 22.5 Å². The van der Waals surface area contributed by atoms with Crippen molar-refractivity contribution in [1.29, 1.82) is 0 Å². The summed E-state index contributed by atoms with van der Waals surface area (Å²) in [6.07, 6.45) is -0.271. The summed E-state index contributed by atoms with van der Waals surface area (Å²) in [5.41, 5.74) is 2.08. The first kappa shape index (κ1) is 21.5. The Bertz CT molecular complexity index is 1100. The standard InChI is InChI=1S/C19H9Cl6NO2/c20-9-4-11(17(24)13(22)6-9)15-2-1-8(3-16(27)28)19(26-15)12-5-10(21)7-14(23)18(12)25/h1-2,4-7H,3H2,(H,27,28). The van der Waals surface area contributed by atoms with Crippen molar-refractivity contribution in [3.63, 3.8) is 0 Å². The molecule has 1 aromatic heterocycles. The van der Waals surface area contributed by atoms with E-state index in [-0.39, 0.29) is 26.5 Å². The monoisotopic (exact) mass is 493 g/mol. The molecule has 0 aliphatic rings. The molecule has 3 rings (SSSR count). The van der Waals surface area contributed by atoms with Gasteiger partial charge >= 0.3 is 5.97 Å². The minimum absolute atomic E-state index is 0.206. The molecular formula is C19H9Cl6NO2. The van der Waals surface area contributed by atoms with Crippen LogP contribution in [0.4, 0.5) is 0 Å². The van der Waals surface area contributed by atoms with Gasteiger partial charge in [0.25, 0.3) is 0 Å². The lowest BCUT2D eigenvalue weighted by Gasteiger charge is -2.14. The van der Waals surface area contributed by atoms with E-state index in [1.807, 2.05) is 0 Å². The molecule has 0 radical (unpaired) electrons. The number of carbonyl (C=O) groups is 1. The molecule has 2 aromatic carbocycles. The third kappa shape index (κ3) is 4.51. The van der Waals surface area contributed by atoms with Gasteiger partial charge in [-0.15, -0.1) is 0 Å². The number of hydrogen-bond acceptors (Lipinski definition) is 2. The van der Waals surface area contributed by atoms with Crippen LogP contribution < -0.4 is 0 Å². The SMILES string of the molecule is O=C(O)Cc1ccc(-c2cc(Cl)cc(Cl)c2Cl)nc1-c1cc(Cl)cc(Cl)c1Cl. The molecule has 3 nitrogen and oxygen atoms in total. The molecule has 0 unspecified atom stereocenters. The lowest BCUT2D eigenvalue weighted by atomic mass is 10.0. The fraction of sp³-hybridized carbons (Fsp3) is 0.0526. The molecule has 0 aliphatic heterocycles. The van der Waals surface area contributed by atoms with Crippen LogP contribution in [0.1, 0.15) is 5.56 Å². The molecule has 0 spiro atoms. The number of rotatable bonds is 4. The van der Waals surface area contributed by atoms with Gasteiger partial charge in [-0.25, -0.2) is 4.98 Å². The lowest BCUT2D eigenvalue weighted by molar-refractivity contribution is -0.136. The second-order valence-corrected chi connectivity index (χ2v) is 8.22. The van der Waals surface area contributed by atoms with E-state index in [1.54, 1.807) is 24.3 Å². The summed E-state index contributed by atoms with van der Waals surface area (Å²) in [7, 11) is 0. The molecule has 3 aromatic rings. The number of hydrogen-bond donors (Lipinski definition) is 1. The van der Waals surface area contributed by atoms with E-state index in [9.17, 15) is 9.90 Å². The summed E-state index contributed by atoms with van der Waals surface area (Å²) in [6.45, 7) is 0. The molecule has 0 saturated carbocycles. The van der Waals surface area contributed by atoms with Crippen LogP contribution in [0, 0.1) is 0 Å². The van der Waals surface area contributed by atoms with Gasteiger partial charge in [-0.05, 0) is 35.9 Å². The molecule has 1 heterocycles. The van der Waals surface area contributed by atoms with Gasteiger partial charge in [0.2, 0.25) is 0 Å². The highest BCUT2D eigenvalue weighted by molar-refractivity contribution is 6.45. The number of pyridine rings is 1. The van der Waals surface area contributed by atoms with Gasteiger partial charge in [-0.3, -0.25) is 4.79 Å². The number of aromatic nitrogens is 1. The Labute approximate surface area is 190 Å². The first-order valence-corrected chi connectivity index (χ1v) is 9.95. The highest BCUT2D eigenvalue weighted by atomic mass is 35.5. The Morgan fingerprint density at radius 3 is 1.93 bits per heavy atom. The van der Waals surface area contributed by atoms with Gasteiger partial charge in [0.1, 0.15) is 0 Å². The van der Waals surface area contributed by atoms with Crippen molar-refractivity contribution in [2.24, 2.45) is 0 Å². The van der Waals surface area contributed by atoms with Crippen LogP contribution in [0.2, 0.25) is 30.1 Å². The molecule has 0 atom stereocenters. The van der Waals surface area contributed by atoms with Crippen molar-refractivity contribution in [2.75, 3.05) is 0 Å². The Balaban J connectivity index is 2.29. The summed E-state index contributed by atoms with van der Waals surface area (Å²) in [5.74, 6) is -1.02. The predicted molar refractivity (Wildman–Crippen MR) is 117 cm³/mol. The van der Waals surface area contributed by atoms with E-state index in [4.69, 9.17) is 69.6 Å². The minimum Gasteiger partial charge on any atom is -0.481 e. The highest BCUT2D eigenvalue weighted by Gasteiger charge is 2.19. The number of halogens is 6. The number of aliphatic carboxylic acids is 1. The third-order valence-corrected chi connectivity index (χ3v) is 5.88. The quantitative estimate of drug-likeness (QED) is 0.373. The highest BCUT2D eigenvalue weighted by Crippen LogP contribution is 2.40. The summed E-state index contributed by atoms with van der Waals surface area (Å²) in [6, 6.07) is 9.45. The van der Waals surface area contributed by atoms with Crippen molar-refractivity contribution in [2.45, 2.75) is 6.42 Å². The van der Waals surface area contributed by atoms with E-state index in [2.05, 4.69) is 4.98 Å². The van der Waals surface area contributed by atoms with Gasteiger partial charge in [0, 0.05) is 21.2 Å². The molecular weight excluding hydrogens is 487 g/mol. The second kappa shape index (κ2) is 8.66. The van der Waals surface area contributed by atoms with Gasteiger partial charge in [-0.1, -0.05) is 75.7 Å². The largest absolute Gasteiger partial charge is 0.481 e. The summed E-state index contributed by atoms with van der Waals surface area (Å²) in [5, 5.41) is 10.9. The van der Waals surface area contributed by atoms with Crippen molar-refractivity contribution in [3.05, 3.63) is 72.1 Å². The zero-order chi connectivity index (χ0) is 20.6. The third-order valence-electron chi connectivity index (χ3n) is 3.84. The fourth-order valence-corrected chi connectivity index (χ4v) is 4.04. The fourth-order valence-electron chi connectivity index (χ4n) is 2.65. The first-order valence-electron chi connectivity index (χ1n) is 7.69. The van der Waals surface area contributed by atoms with Gasteiger partial charge < -0.3 is 5.11 Å². The maximum atomic E-state index is 11.3. The van der Waals surface area contributed by atoms with Gasteiger partial charge in [0.05, 0.1) is 37.9 Å². The topological polar surface area (TPSA) is 50.2 Å². The molecule has 0 saturated heterocycles. The van der Waals surface area contributed by atoms with Crippen LogP contribution in [0.25, 0.3) is 22.5 Å². The Kier molecular flexibility index (Phi) is 6.65. The molecule has 9 heteroatoms. The summed E-state index contributed by atoms with van der Waals surface area (Å²) >= 11 is 37.1. The lowest BCUT2D eigenvalue weighted by Crippen LogP contribution is -2.04. The molecule has 0 bridgehead atoms. The van der Waals surface area contributed by atoms with E-state index in [1.165, 1.54) is 12.1 Å². The first-order chi connectivity index (χ1) is 13.2. The number of benzene rings is 2. The van der Waals surface area contributed by atoms with Crippen LogP contribution in [0.3, 0.4) is 0 Å². The average Bonchev–Trinajstić information content (AvgIpc) is 2.61. The van der Waals surface area contributed by atoms with E-state index in [0.29, 0.717) is 38.1 Å². The van der Waals surface area contributed by atoms with Crippen molar-refractivity contribution < 1.29 is 9.90 Å². The molecule has 0 aliphatic carbocycles. The van der Waals surface area contributed by atoms with Crippen LogP contribution in [-0.4, -0.2) is 16.1 Å². The van der Waals surface area contributed by atoms with Crippen molar-refractivity contribution in [1.82, 2.24) is 4.98 Å². The van der Waals surface area contributed by atoms with Crippen LogP contribution in [-0.2, 0) is 11.2 Å². The van der Waals surface area contributed by atoms with Gasteiger partial charge in [0.15, 0.2) is 0 Å². The molecule has 0 amide bonds. The van der Waals surface area contributed by atoms with E-state index >= 15 is 0 Å². The Morgan fingerprint density at radius 1 is 0.821 bits per heavy atom. The van der Waals surface area contributed by atoms with Crippen molar-refractivity contribution >= 4 is 75.6 Å². The number of carboxylic acids is 1. The molecule has 144 valence electrons. The Hall–Kier alpha value is -1.20. The maximum Gasteiger partial charge on any atom is 0.307 e. The molecule has 0 fully saturated rings. The molecule has 28 heavy (non-hydrogen) atoms. The normalized spacial score (nSPS) is 10.9. The van der Waals surface area contributed by atoms with Crippen LogP contribution in [0.5, 0.6) is 0 Å². The second-order valence-electron chi connectivity index (χ2n) is 5.77. The summed E-state index contributed by atoms with van der Waals surface area (Å²) in [4.78, 5) is 15.9. The predicted octanol–water partition coefficient (Wildman–Crippen LogP) is 7.96. The van der Waals surface area contributed by atoms with Crippen LogP contribution in [0.15, 0.2) is 36.4 Å². The summed E-state index contributed by atoms with van der Waals surface area (Å²) < 4.78 is 0. The van der Waals surface area contributed by atoms with Gasteiger partial charge in [-0.2, -0.15) is 0 Å². The van der Waals surface area contributed by atoms with E-state index < -0.39 is 5.97 Å². The molecule has 1 N–H and O–H groups in total.